The number of aromatic nitrogens is 4. The van der Waals surface area contributed by atoms with Gasteiger partial charge in [0.15, 0.2) is 0 Å². The van der Waals surface area contributed by atoms with Crippen molar-refractivity contribution >= 4 is 17.2 Å². The molecule has 0 bridgehead atoms. The fraction of sp³-hybridized carbons (Fsp3) is 0. The molecule has 0 aliphatic heterocycles. The molecular weight excluding hydrogens is 198 g/mol. The van der Waals surface area contributed by atoms with Crippen LogP contribution >= 0.6 is 12.2 Å². The molecule has 0 amide bonds. The number of nitrogens with two attached hydrogens (primary N) is 1. The lowest BCUT2D eigenvalue weighted by Gasteiger charge is -1.99. The number of H-pyrrole nitrogens is 1. The second-order valence-electron chi connectivity index (χ2n) is 2.68. The van der Waals surface area contributed by atoms with E-state index in [9.17, 15) is 0 Å². The monoisotopic (exact) mass is 205 g/mol. The molecule has 5 nitrogen and oxygen atoms in total. The van der Waals surface area contributed by atoms with Crippen LogP contribution in [0.15, 0.2) is 24.3 Å². The minimum Gasteiger partial charge on any atom is -0.389 e. The fourth-order valence-corrected chi connectivity index (χ4v) is 1.22. The molecule has 1 heterocycles. The number of nitrogens with one attached hydrogen (secondary N) is 1. The first-order valence-corrected chi connectivity index (χ1v) is 4.32. The van der Waals surface area contributed by atoms with Crippen molar-refractivity contribution in [2.24, 2.45) is 5.73 Å². The Kier molecular flexibility index (Phi) is 2.19. The highest BCUT2D eigenvalue weighted by atomic mass is 32.1. The molecule has 3 N–H and O–H groups in total. The van der Waals surface area contributed by atoms with Crippen molar-refractivity contribution in [1.29, 1.82) is 0 Å². The van der Waals surface area contributed by atoms with Crippen LogP contribution in [0.2, 0.25) is 0 Å². The zero-order valence-electron chi connectivity index (χ0n) is 7.14. The Balaban J connectivity index is 2.46. The minimum absolute atomic E-state index is 0.357. The Bertz CT molecular complexity index is 451. The molecule has 0 saturated heterocycles. The van der Waals surface area contributed by atoms with E-state index in [1.54, 1.807) is 0 Å². The molecular formula is C8H7N5S. The third kappa shape index (κ3) is 1.60. The van der Waals surface area contributed by atoms with E-state index in [2.05, 4.69) is 20.6 Å². The summed E-state index contributed by atoms with van der Waals surface area (Å²) in [5.41, 5.74) is 7.13. The highest BCUT2D eigenvalue weighted by Crippen LogP contribution is 2.14. The van der Waals surface area contributed by atoms with E-state index >= 15 is 0 Å². The fourth-order valence-electron chi connectivity index (χ4n) is 1.10. The molecule has 0 unspecified atom stereocenters. The third-order valence-corrected chi connectivity index (χ3v) is 1.99. The highest BCUT2D eigenvalue weighted by molar-refractivity contribution is 7.80. The maximum absolute atomic E-state index is 5.50. The summed E-state index contributed by atoms with van der Waals surface area (Å²) < 4.78 is 0. The molecule has 0 saturated carbocycles. The van der Waals surface area contributed by atoms with Crippen LogP contribution < -0.4 is 5.73 Å². The Labute approximate surface area is 85.3 Å². The molecule has 70 valence electrons. The highest BCUT2D eigenvalue weighted by Gasteiger charge is 2.04. The number of rotatable bonds is 2. The van der Waals surface area contributed by atoms with Gasteiger partial charge in [0, 0.05) is 11.1 Å². The first kappa shape index (κ1) is 8.76. The molecule has 0 aliphatic carbocycles. The van der Waals surface area contributed by atoms with Crippen molar-refractivity contribution in [3.63, 3.8) is 0 Å². The first-order valence-electron chi connectivity index (χ1n) is 3.91. The van der Waals surface area contributed by atoms with Gasteiger partial charge in [0.1, 0.15) is 4.99 Å². The molecule has 0 radical (unpaired) electrons. The van der Waals surface area contributed by atoms with Gasteiger partial charge in [-0.15, -0.1) is 10.2 Å². The van der Waals surface area contributed by atoms with Crippen LogP contribution in [0, 0.1) is 0 Å². The molecule has 1 aromatic carbocycles. The molecule has 0 atom stereocenters. The van der Waals surface area contributed by atoms with Crippen LogP contribution in [0.5, 0.6) is 0 Å². The number of hydrogen-bond donors (Lipinski definition) is 2. The minimum atomic E-state index is 0.357. The van der Waals surface area contributed by atoms with Crippen molar-refractivity contribution in [2.45, 2.75) is 0 Å². The van der Waals surface area contributed by atoms with E-state index in [1.165, 1.54) is 0 Å². The molecule has 0 aliphatic rings. The van der Waals surface area contributed by atoms with Gasteiger partial charge in [0.05, 0.1) is 0 Å². The van der Waals surface area contributed by atoms with E-state index in [0.29, 0.717) is 10.8 Å². The van der Waals surface area contributed by atoms with Crippen molar-refractivity contribution in [1.82, 2.24) is 20.6 Å². The third-order valence-electron chi connectivity index (χ3n) is 1.75. The Morgan fingerprint density at radius 2 is 2.29 bits per heavy atom. The van der Waals surface area contributed by atoms with Gasteiger partial charge < -0.3 is 5.73 Å². The van der Waals surface area contributed by atoms with E-state index in [-0.39, 0.29) is 0 Å². The second kappa shape index (κ2) is 3.51. The largest absolute Gasteiger partial charge is 0.389 e. The molecule has 0 fully saturated rings. The summed E-state index contributed by atoms with van der Waals surface area (Å²) in [4.78, 5) is 0.357. The maximum atomic E-state index is 5.50. The predicted molar refractivity (Wildman–Crippen MR) is 55.5 cm³/mol. The van der Waals surface area contributed by atoms with Gasteiger partial charge in [-0.3, -0.25) is 0 Å². The van der Waals surface area contributed by atoms with Crippen LogP contribution in [0.1, 0.15) is 5.56 Å². The molecule has 2 rings (SSSR count). The van der Waals surface area contributed by atoms with Gasteiger partial charge in [-0.2, -0.15) is 5.21 Å². The number of hydrogen-bond acceptors (Lipinski definition) is 4. The lowest BCUT2D eigenvalue weighted by Crippen LogP contribution is -2.08. The van der Waals surface area contributed by atoms with E-state index in [0.717, 1.165) is 11.1 Å². The second-order valence-corrected chi connectivity index (χ2v) is 3.12. The normalized spacial score (nSPS) is 10.0. The quantitative estimate of drug-likeness (QED) is 0.698. The van der Waals surface area contributed by atoms with Crippen LogP contribution in [0.25, 0.3) is 11.4 Å². The van der Waals surface area contributed by atoms with Gasteiger partial charge in [0.2, 0.25) is 5.82 Å². The Hall–Kier alpha value is -1.82. The summed E-state index contributed by atoms with van der Waals surface area (Å²) in [6.45, 7) is 0. The molecule has 6 heteroatoms. The number of nitrogens with zero attached hydrogens (tertiary/aromatic N) is 3. The maximum Gasteiger partial charge on any atom is 0.204 e. The van der Waals surface area contributed by atoms with Gasteiger partial charge in [0.25, 0.3) is 0 Å². The lowest BCUT2D eigenvalue weighted by atomic mass is 10.1. The van der Waals surface area contributed by atoms with E-state index in [4.69, 9.17) is 18.0 Å². The van der Waals surface area contributed by atoms with Crippen LogP contribution in [-0.2, 0) is 0 Å². The zero-order valence-corrected chi connectivity index (χ0v) is 7.95. The number of thiocarbonyl (C=S) groups is 1. The van der Waals surface area contributed by atoms with E-state index < -0.39 is 0 Å². The Morgan fingerprint density at radius 1 is 1.43 bits per heavy atom. The van der Waals surface area contributed by atoms with Gasteiger partial charge in [-0.1, -0.05) is 30.4 Å². The lowest BCUT2D eigenvalue weighted by molar-refractivity contribution is 0.881. The molecule has 0 spiro atoms. The summed E-state index contributed by atoms with van der Waals surface area (Å²) in [7, 11) is 0. The Morgan fingerprint density at radius 3 is 2.93 bits per heavy atom. The van der Waals surface area contributed by atoms with Crippen LogP contribution in [0.4, 0.5) is 0 Å². The summed E-state index contributed by atoms with van der Waals surface area (Å²) in [5.74, 6) is 0.531. The number of tetrazole rings is 1. The topological polar surface area (TPSA) is 80.5 Å². The smallest absolute Gasteiger partial charge is 0.204 e. The van der Waals surface area contributed by atoms with E-state index in [1.807, 2.05) is 24.3 Å². The molecule has 2 aromatic rings. The molecule has 14 heavy (non-hydrogen) atoms. The molecule has 1 aromatic heterocycles. The predicted octanol–water partition coefficient (Wildman–Crippen LogP) is 0.501. The SMILES string of the molecule is NC(=S)c1cccc(-c2nn[nH]n2)c1. The average molecular weight is 205 g/mol. The van der Waals surface area contributed by atoms with Crippen molar-refractivity contribution in [3.05, 3.63) is 29.8 Å². The van der Waals surface area contributed by atoms with Crippen molar-refractivity contribution < 1.29 is 0 Å². The van der Waals surface area contributed by atoms with Gasteiger partial charge in [-0.05, 0) is 11.3 Å². The van der Waals surface area contributed by atoms with Crippen LogP contribution in [0.3, 0.4) is 0 Å². The average Bonchev–Trinajstić information content (AvgIpc) is 2.71. The van der Waals surface area contributed by atoms with Crippen molar-refractivity contribution in [3.8, 4) is 11.4 Å². The first-order chi connectivity index (χ1) is 6.77. The summed E-state index contributed by atoms with van der Waals surface area (Å²) in [5, 5.41) is 13.6. The zero-order chi connectivity index (χ0) is 9.97. The summed E-state index contributed by atoms with van der Waals surface area (Å²) >= 11 is 4.86. The summed E-state index contributed by atoms with van der Waals surface area (Å²) in [6, 6.07) is 7.38. The standard InChI is InChI=1S/C8H7N5S/c9-7(14)5-2-1-3-6(4-5)8-10-12-13-11-8/h1-4H,(H2,9,14)(H,10,11,12,13). The van der Waals surface area contributed by atoms with Crippen LogP contribution in [-0.4, -0.2) is 25.6 Å². The number of aromatic amines is 1. The van der Waals surface area contributed by atoms with Gasteiger partial charge >= 0.3 is 0 Å². The van der Waals surface area contributed by atoms with Gasteiger partial charge in [-0.25, -0.2) is 0 Å². The number of benzene rings is 1. The van der Waals surface area contributed by atoms with Crippen molar-refractivity contribution in [2.75, 3.05) is 0 Å². The summed E-state index contributed by atoms with van der Waals surface area (Å²) in [6.07, 6.45) is 0.